The second-order valence-electron chi connectivity index (χ2n) is 6.39. The molecule has 1 aromatic carbocycles. The van der Waals surface area contributed by atoms with E-state index in [0.29, 0.717) is 6.54 Å². The number of aliphatic hydroxyl groups is 1. The molecule has 6 heteroatoms. The van der Waals surface area contributed by atoms with Gasteiger partial charge in [-0.2, -0.15) is 5.10 Å². The number of aryl methyl sites for hydroxylation is 1. The van der Waals surface area contributed by atoms with E-state index in [2.05, 4.69) is 15.7 Å². The summed E-state index contributed by atoms with van der Waals surface area (Å²) in [5.74, 6) is 0.213. The van der Waals surface area contributed by atoms with E-state index in [4.69, 9.17) is 0 Å². The number of anilines is 1. The predicted octanol–water partition coefficient (Wildman–Crippen LogP) is 3.16. The SMILES string of the molecule is CCC(CC)C(O)CNC(=O)Nc1ccc(Cn2cc(C)cn2)cc1. The number of rotatable bonds is 8. The molecule has 136 valence electrons. The van der Waals surface area contributed by atoms with Gasteiger partial charge in [-0.1, -0.05) is 38.8 Å². The van der Waals surface area contributed by atoms with Gasteiger partial charge in [-0.3, -0.25) is 4.68 Å². The lowest BCUT2D eigenvalue weighted by atomic mass is 9.97. The van der Waals surface area contributed by atoms with E-state index in [9.17, 15) is 9.90 Å². The van der Waals surface area contributed by atoms with Gasteiger partial charge >= 0.3 is 6.03 Å². The number of nitrogens with zero attached hydrogens (tertiary/aromatic N) is 2. The molecular formula is C19H28N4O2. The molecule has 1 atom stereocenters. The molecule has 0 radical (unpaired) electrons. The molecule has 1 unspecified atom stereocenters. The quantitative estimate of drug-likeness (QED) is 0.688. The van der Waals surface area contributed by atoms with Crippen LogP contribution in [0.2, 0.25) is 0 Å². The highest BCUT2D eigenvalue weighted by molar-refractivity contribution is 5.89. The van der Waals surface area contributed by atoms with E-state index in [1.165, 1.54) is 0 Å². The highest BCUT2D eigenvalue weighted by Crippen LogP contribution is 2.13. The molecular weight excluding hydrogens is 316 g/mol. The van der Waals surface area contributed by atoms with Crippen LogP contribution >= 0.6 is 0 Å². The van der Waals surface area contributed by atoms with Crippen molar-refractivity contribution in [2.75, 3.05) is 11.9 Å². The number of benzene rings is 1. The first-order valence-electron chi connectivity index (χ1n) is 8.82. The Labute approximate surface area is 149 Å². The molecule has 0 fully saturated rings. The molecule has 6 nitrogen and oxygen atoms in total. The van der Waals surface area contributed by atoms with Crippen molar-refractivity contribution in [3.63, 3.8) is 0 Å². The van der Waals surface area contributed by atoms with E-state index in [1.54, 1.807) is 0 Å². The van der Waals surface area contributed by atoms with E-state index in [1.807, 2.05) is 62.1 Å². The minimum atomic E-state index is -0.513. The summed E-state index contributed by atoms with van der Waals surface area (Å²) in [7, 11) is 0. The Bertz CT molecular complexity index is 662. The van der Waals surface area contributed by atoms with E-state index in [-0.39, 0.29) is 18.5 Å². The lowest BCUT2D eigenvalue weighted by Crippen LogP contribution is -2.38. The second-order valence-corrected chi connectivity index (χ2v) is 6.39. The molecule has 0 aliphatic rings. The van der Waals surface area contributed by atoms with Crippen LogP contribution in [-0.2, 0) is 6.54 Å². The number of urea groups is 1. The third-order valence-electron chi connectivity index (χ3n) is 4.38. The first-order chi connectivity index (χ1) is 12.0. The lowest BCUT2D eigenvalue weighted by molar-refractivity contribution is 0.104. The summed E-state index contributed by atoms with van der Waals surface area (Å²) in [6.45, 7) is 7.05. The van der Waals surface area contributed by atoms with Crippen molar-refractivity contribution in [3.05, 3.63) is 47.8 Å². The molecule has 0 saturated carbocycles. The van der Waals surface area contributed by atoms with Gasteiger partial charge in [0, 0.05) is 18.4 Å². The summed E-state index contributed by atoms with van der Waals surface area (Å²) in [5, 5.41) is 19.8. The molecule has 0 aliphatic heterocycles. The maximum absolute atomic E-state index is 11.9. The maximum Gasteiger partial charge on any atom is 0.319 e. The Balaban J connectivity index is 1.81. The monoisotopic (exact) mass is 344 g/mol. The third kappa shape index (κ3) is 5.90. The van der Waals surface area contributed by atoms with Crippen LogP contribution in [0.5, 0.6) is 0 Å². The van der Waals surface area contributed by atoms with E-state index in [0.717, 1.165) is 29.7 Å². The zero-order valence-electron chi connectivity index (χ0n) is 15.2. The fourth-order valence-electron chi connectivity index (χ4n) is 2.81. The van der Waals surface area contributed by atoms with Crippen molar-refractivity contribution in [3.8, 4) is 0 Å². The van der Waals surface area contributed by atoms with Crippen LogP contribution in [0.15, 0.2) is 36.7 Å². The standard InChI is InChI=1S/C19H28N4O2/c1-4-16(5-2)18(24)11-20-19(25)22-17-8-6-15(7-9-17)13-23-12-14(3)10-21-23/h6-10,12,16,18,24H,4-5,11,13H2,1-3H3,(H2,20,22,25). The lowest BCUT2D eigenvalue weighted by Gasteiger charge is -2.20. The molecule has 0 saturated heterocycles. The molecule has 0 bridgehead atoms. The normalized spacial score (nSPS) is 12.2. The van der Waals surface area contributed by atoms with Crippen LogP contribution in [-0.4, -0.2) is 33.6 Å². The third-order valence-corrected chi connectivity index (χ3v) is 4.38. The Morgan fingerprint density at radius 1 is 1.24 bits per heavy atom. The molecule has 3 N–H and O–H groups in total. The largest absolute Gasteiger partial charge is 0.391 e. The number of carbonyl (C=O) groups excluding carboxylic acids is 1. The number of hydrogen-bond acceptors (Lipinski definition) is 3. The van der Waals surface area contributed by atoms with Gasteiger partial charge < -0.3 is 15.7 Å². The van der Waals surface area contributed by atoms with E-state index < -0.39 is 6.10 Å². The topological polar surface area (TPSA) is 79.2 Å². The molecule has 2 rings (SSSR count). The maximum atomic E-state index is 11.9. The van der Waals surface area contributed by atoms with Crippen LogP contribution in [0.1, 0.15) is 37.8 Å². The highest BCUT2D eigenvalue weighted by Gasteiger charge is 2.16. The molecule has 25 heavy (non-hydrogen) atoms. The van der Waals surface area contributed by atoms with Crippen molar-refractivity contribution < 1.29 is 9.90 Å². The molecule has 2 aromatic rings. The van der Waals surface area contributed by atoms with E-state index >= 15 is 0 Å². The molecule has 0 aliphatic carbocycles. The average Bonchev–Trinajstić information content (AvgIpc) is 3.01. The Hall–Kier alpha value is -2.34. The van der Waals surface area contributed by atoms with Crippen LogP contribution in [0.25, 0.3) is 0 Å². The van der Waals surface area contributed by atoms with Gasteiger partial charge in [-0.15, -0.1) is 0 Å². The molecule has 0 spiro atoms. The zero-order chi connectivity index (χ0) is 18.2. The van der Waals surface area contributed by atoms with Gasteiger partial charge in [0.2, 0.25) is 0 Å². The van der Waals surface area contributed by atoms with Crippen LogP contribution in [0.3, 0.4) is 0 Å². The fraction of sp³-hybridized carbons (Fsp3) is 0.474. The van der Waals surface area contributed by atoms with Crippen molar-refractivity contribution in [1.29, 1.82) is 0 Å². The number of amides is 2. The first kappa shape index (κ1) is 19.0. The van der Waals surface area contributed by atoms with Crippen molar-refractivity contribution in [2.24, 2.45) is 5.92 Å². The number of nitrogens with one attached hydrogen (secondary N) is 2. The van der Waals surface area contributed by atoms with Crippen molar-refractivity contribution in [2.45, 2.75) is 46.3 Å². The number of aromatic nitrogens is 2. The molecule has 2 amide bonds. The first-order valence-corrected chi connectivity index (χ1v) is 8.82. The van der Waals surface area contributed by atoms with Gasteiger partial charge in [0.1, 0.15) is 0 Å². The number of carbonyl (C=O) groups is 1. The zero-order valence-corrected chi connectivity index (χ0v) is 15.2. The molecule has 1 aromatic heterocycles. The Morgan fingerprint density at radius 2 is 1.92 bits per heavy atom. The minimum absolute atomic E-state index is 0.213. The Morgan fingerprint density at radius 3 is 2.48 bits per heavy atom. The van der Waals surface area contributed by atoms with Crippen LogP contribution in [0.4, 0.5) is 10.5 Å². The number of aliphatic hydroxyl groups excluding tert-OH is 1. The summed E-state index contributed by atoms with van der Waals surface area (Å²) in [5.41, 5.74) is 2.96. The smallest absolute Gasteiger partial charge is 0.319 e. The Kier molecular flexibility index (Phi) is 7.01. The second kappa shape index (κ2) is 9.22. The molecule has 1 heterocycles. The van der Waals surface area contributed by atoms with Gasteiger partial charge in [0.25, 0.3) is 0 Å². The predicted molar refractivity (Wildman–Crippen MR) is 99.6 cm³/mol. The van der Waals surface area contributed by atoms with Gasteiger partial charge in [-0.05, 0) is 36.1 Å². The summed E-state index contributed by atoms with van der Waals surface area (Å²) in [6, 6.07) is 7.35. The van der Waals surface area contributed by atoms with Crippen LogP contribution in [0, 0.1) is 12.8 Å². The summed E-state index contributed by atoms with van der Waals surface area (Å²) < 4.78 is 1.88. The summed E-state index contributed by atoms with van der Waals surface area (Å²) in [6.07, 6.45) is 5.11. The van der Waals surface area contributed by atoms with Gasteiger partial charge in [-0.25, -0.2) is 4.79 Å². The highest BCUT2D eigenvalue weighted by atomic mass is 16.3. The van der Waals surface area contributed by atoms with Crippen molar-refractivity contribution >= 4 is 11.7 Å². The average molecular weight is 344 g/mol. The summed E-state index contributed by atoms with van der Waals surface area (Å²) >= 11 is 0. The van der Waals surface area contributed by atoms with Crippen molar-refractivity contribution in [1.82, 2.24) is 15.1 Å². The minimum Gasteiger partial charge on any atom is -0.391 e. The fourth-order valence-corrected chi connectivity index (χ4v) is 2.81. The van der Waals surface area contributed by atoms with Crippen LogP contribution < -0.4 is 10.6 Å². The summed E-state index contributed by atoms with van der Waals surface area (Å²) in [4.78, 5) is 11.9. The van der Waals surface area contributed by atoms with Gasteiger partial charge in [0.05, 0.1) is 18.8 Å². The van der Waals surface area contributed by atoms with Gasteiger partial charge in [0.15, 0.2) is 0 Å². The number of hydrogen-bond donors (Lipinski definition) is 3.